The third-order valence-electron chi connectivity index (χ3n) is 2.74. The molecule has 0 fully saturated rings. The lowest BCUT2D eigenvalue weighted by atomic mass is 10.2. The molecule has 0 spiro atoms. The first kappa shape index (κ1) is 14.1. The molecular formula is C13H14BrF2N3. The number of aryl methyl sites for hydroxylation is 1. The van der Waals surface area contributed by atoms with E-state index in [9.17, 15) is 8.78 Å². The molecule has 0 saturated heterocycles. The quantitative estimate of drug-likeness (QED) is 0.652. The van der Waals surface area contributed by atoms with E-state index in [2.05, 4.69) is 26.3 Å². The van der Waals surface area contributed by atoms with Crippen LogP contribution < -0.4 is 5.32 Å². The molecule has 1 N–H and O–H groups in total. The Labute approximate surface area is 118 Å². The van der Waals surface area contributed by atoms with Gasteiger partial charge in [-0.25, -0.2) is 8.78 Å². The van der Waals surface area contributed by atoms with Gasteiger partial charge in [-0.15, -0.1) is 0 Å². The predicted octanol–water partition coefficient (Wildman–Crippen LogP) is 3.10. The van der Waals surface area contributed by atoms with Crippen LogP contribution in [0.3, 0.4) is 0 Å². The molecule has 19 heavy (non-hydrogen) atoms. The van der Waals surface area contributed by atoms with Crippen molar-refractivity contribution in [1.29, 1.82) is 0 Å². The molecule has 0 aliphatic rings. The fourth-order valence-electron chi connectivity index (χ4n) is 1.74. The van der Waals surface area contributed by atoms with Crippen LogP contribution in [0.1, 0.15) is 12.0 Å². The van der Waals surface area contributed by atoms with Crippen LogP contribution in [0.2, 0.25) is 0 Å². The first-order valence-corrected chi connectivity index (χ1v) is 6.78. The van der Waals surface area contributed by atoms with Gasteiger partial charge in [0.15, 0.2) is 0 Å². The third-order valence-corrected chi connectivity index (χ3v) is 3.35. The number of nitrogens with zero attached hydrogens (tertiary/aromatic N) is 2. The lowest BCUT2D eigenvalue weighted by molar-refractivity contribution is 0.511. The molecule has 0 bridgehead atoms. The van der Waals surface area contributed by atoms with E-state index in [-0.39, 0.29) is 16.6 Å². The molecule has 3 nitrogen and oxygen atoms in total. The van der Waals surface area contributed by atoms with Gasteiger partial charge in [-0.1, -0.05) is 0 Å². The van der Waals surface area contributed by atoms with Crippen LogP contribution >= 0.6 is 15.9 Å². The summed E-state index contributed by atoms with van der Waals surface area (Å²) >= 11 is 3.05. The summed E-state index contributed by atoms with van der Waals surface area (Å²) in [6, 6.07) is 4.49. The van der Waals surface area contributed by atoms with Crippen molar-refractivity contribution in [3.63, 3.8) is 0 Å². The van der Waals surface area contributed by atoms with Crippen LogP contribution in [0.4, 0.5) is 8.78 Å². The Morgan fingerprint density at radius 1 is 1.32 bits per heavy atom. The number of hydrogen-bond donors (Lipinski definition) is 1. The van der Waals surface area contributed by atoms with Crippen molar-refractivity contribution in [2.24, 2.45) is 0 Å². The lowest BCUT2D eigenvalue weighted by Gasteiger charge is -2.08. The molecule has 0 unspecified atom stereocenters. The zero-order chi connectivity index (χ0) is 13.7. The average Bonchev–Trinajstić information content (AvgIpc) is 2.90. The fourth-order valence-corrected chi connectivity index (χ4v) is 2.11. The van der Waals surface area contributed by atoms with Crippen molar-refractivity contribution < 1.29 is 8.78 Å². The fraction of sp³-hybridized carbons (Fsp3) is 0.308. The van der Waals surface area contributed by atoms with Crippen LogP contribution in [-0.2, 0) is 13.1 Å². The minimum atomic E-state index is -0.542. The Kier molecular flexibility index (Phi) is 5.04. The van der Waals surface area contributed by atoms with Gasteiger partial charge < -0.3 is 5.32 Å². The molecule has 1 aromatic heterocycles. The van der Waals surface area contributed by atoms with Crippen molar-refractivity contribution in [2.75, 3.05) is 6.54 Å². The summed E-state index contributed by atoms with van der Waals surface area (Å²) in [6.45, 7) is 1.63. The maximum absolute atomic E-state index is 13.7. The number of benzene rings is 1. The molecule has 0 saturated carbocycles. The molecule has 0 amide bonds. The van der Waals surface area contributed by atoms with Gasteiger partial charge in [0.25, 0.3) is 0 Å². The molecule has 0 aliphatic heterocycles. The lowest BCUT2D eigenvalue weighted by Crippen LogP contribution is -2.18. The topological polar surface area (TPSA) is 29.9 Å². The third kappa shape index (κ3) is 3.84. The minimum Gasteiger partial charge on any atom is -0.312 e. The van der Waals surface area contributed by atoms with Gasteiger partial charge in [0.1, 0.15) is 11.6 Å². The second-order valence-corrected chi connectivity index (χ2v) is 4.98. The molecule has 1 heterocycles. The average molecular weight is 330 g/mol. The van der Waals surface area contributed by atoms with Crippen LogP contribution in [-0.4, -0.2) is 16.3 Å². The van der Waals surface area contributed by atoms with E-state index in [0.717, 1.165) is 13.0 Å². The summed E-state index contributed by atoms with van der Waals surface area (Å²) in [7, 11) is 0. The molecule has 0 atom stereocenters. The maximum atomic E-state index is 13.7. The van der Waals surface area contributed by atoms with Crippen molar-refractivity contribution in [1.82, 2.24) is 15.1 Å². The summed E-state index contributed by atoms with van der Waals surface area (Å²) in [6.07, 6.45) is 4.45. The Morgan fingerprint density at radius 3 is 2.89 bits per heavy atom. The summed E-state index contributed by atoms with van der Waals surface area (Å²) < 4.78 is 29.2. The smallest absolute Gasteiger partial charge is 0.144 e. The van der Waals surface area contributed by atoms with Crippen molar-refractivity contribution >= 4 is 15.9 Å². The molecule has 2 rings (SSSR count). The van der Waals surface area contributed by atoms with Gasteiger partial charge in [0.05, 0.1) is 4.47 Å². The number of halogens is 3. The number of nitrogens with one attached hydrogen (secondary N) is 1. The Balaban J connectivity index is 1.78. The van der Waals surface area contributed by atoms with E-state index in [1.165, 1.54) is 12.1 Å². The second-order valence-electron chi connectivity index (χ2n) is 4.12. The maximum Gasteiger partial charge on any atom is 0.144 e. The standard InChI is InChI=1S/C13H14BrF2N3/c14-11-3-4-12(15)10(13(11)16)9-17-5-1-7-19-8-2-6-18-19/h2-4,6,8,17H,1,5,7,9H2. The monoisotopic (exact) mass is 329 g/mol. The van der Waals surface area contributed by atoms with Crippen LogP contribution in [0.25, 0.3) is 0 Å². The van der Waals surface area contributed by atoms with E-state index in [1.807, 2.05) is 16.9 Å². The Morgan fingerprint density at radius 2 is 2.16 bits per heavy atom. The summed E-state index contributed by atoms with van der Waals surface area (Å²) in [5, 5.41) is 7.11. The van der Waals surface area contributed by atoms with Gasteiger partial charge in [-0.3, -0.25) is 4.68 Å². The van der Waals surface area contributed by atoms with Crippen molar-refractivity contribution in [3.8, 4) is 0 Å². The number of aromatic nitrogens is 2. The van der Waals surface area contributed by atoms with Crippen molar-refractivity contribution in [2.45, 2.75) is 19.5 Å². The van der Waals surface area contributed by atoms with E-state index >= 15 is 0 Å². The van der Waals surface area contributed by atoms with Crippen LogP contribution in [0.15, 0.2) is 35.1 Å². The van der Waals surface area contributed by atoms with Crippen LogP contribution in [0, 0.1) is 11.6 Å². The highest BCUT2D eigenvalue weighted by molar-refractivity contribution is 9.10. The number of rotatable bonds is 6. The van der Waals surface area contributed by atoms with Crippen LogP contribution in [0.5, 0.6) is 0 Å². The zero-order valence-electron chi connectivity index (χ0n) is 10.2. The molecule has 2 aromatic rings. The van der Waals surface area contributed by atoms with E-state index in [4.69, 9.17) is 0 Å². The number of hydrogen-bond acceptors (Lipinski definition) is 2. The normalized spacial score (nSPS) is 10.9. The summed E-state index contributed by atoms with van der Waals surface area (Å²) in [5.41, 5.74) is 0.0634. The van der Waals surface area contributed by atoms with Gasteiger partial charge >= 0.3 is 0 Å². The largest absolute Gasteiger partial charge is 0.312 e. The molecule has 102 valence electrons. The highest BCUT2D eigenvalue weighted by Crippen LogP contribution is 2.21. The van der Waals surface area contributed by atoms with Gasteiger partial charge in [-0.05, 0) is 47.1 Å². The molecular weight excluding hydrogens is 316 g/mol. The first-order chi connectivity index (χ1) is 9.18. The van der Waals surface area contributed by atoms with Gasteiger partial charge in [-0.2, -0.15) is 5.10 Å². The van der Waals surface area contributed by atoms with Gasteiger partial charge in [0, 0.05) is 31.0 Å². The second kappa shape index (κ2) is 6.77. The Hall–Kier alpha value is -1.27. The molecule has 0 radical (unpaired) electrons. The molecule has 6 heteroatoms. The minimum absolute atomic E-state index is 0.0634. The predicted molar refractivity (Wildman–Crippen MR) is 72.6 cm³/mol. The zero-order valence-corrected chi connectivity index (χ0v) is 11.8. The summed E-state index contributed by atoms with van der Waals surface area (Å²) in [4.78, 5) is 0. The highest BCUT2D eigenvalue weighted by Gasteiger charge is 2.11. The van der Waals surface area contributed by atoms with E-state index in [1.54, 1.807) is 6.20 Å². The van der Waals surface area contributed by atoms with E-state index < -0.39 is 11.6 Å². The van der Waals surface area contributed by atoms with Crippen molar-refractivity contribution in [3.05, 3.63) is 52.3 Å². The molecule has 0 aliphatic carbocycles. The van der Waals surface area contributed by atoms with Gasteiger partial charge in [0.2, 0.25) is 0 Å². The highest BCUT2D eigenvalue weighted by atomic mass is 79.9. The Bertz CT molecular complexity index is 529. The van der Waals surface area contributed by atoms with E-state index in [0.29, 0.717) is 6.54 Å². The summed E-state index contributed by atoms with van der Waals surface area (Å²) in [5.74, 6) is -1.07. The molecule has 1 aromatic carbocycles. The SMILES string of the molecule is Fc1ccc(Br)c(F)c1CNCCCn1cccn1. The first-order valence-electron chi connectivity index (χ1n) is 5.99.